The molecule has 1 unspecified atom stereocenters. The summed E-state index contributed by atoms with van der Waals surface area (Å²) >= 11 is 0. The first-order valence-corrected chi connectivity index (χ1v) is 13.8. The van der Waals surface area contributed by atoms with E-state index in [1.807, 2.05) is 18.2 Å². The summed E-state index contributed by atoms with van der Waals surface area (Å²) in [5, 5.41) is 3.86. The summed E-state index contributed by atoms with van der Waals surface area (Å²) in [6.45, 7) is 1.13. The van der Waals surface area contributed by atoms with Gasteiger partial charge in [-0.05, 0) is 34.9 Å². The molecule has 2 fully saturated rings. The SMILES string of the molecule is NC=O.O=C(NCc1cc2cccnc2[nH]1)C1CC2(CN1C(=O)Cc1ccc3c(c1)-c1ccccc1C3(F)F)OCCO2. The molecule has 4 N–H and O–H groups in total. The first kappa shape index (κ1) is 28.4. The molecule has 43 heavy (non-hydrogen) atoms. The number of halogens is 2. The molecular formula is C31H29F2N5O5. The highest BCUT2D eigenvalue weighted by molar-refractivity contribution is 5.90. The number of primary amides is 1. The quantitative estimate of drug-likeness (QED) is 0.306. The number of fused-ring (bicyclic) bond motifs is 4. The van der Waals surface area contributed by atoms with Crippen LogP contribution >= 0.6 is 0 Å². The van der Waals surface area contributed by atoms with E-state index in [2.05, 4.69) is 21.0 Å². The van der Waals surface area contributed by atoms with E-state index < -0.39 is 17.8 Å². The fraction of sp³-hybridized carbons (Fsp3) is 0.290. The molecule has 2 aliphatic heterocycles. The predicted molar refractivity (Wildman–Crippen MR) is 152 cm³/mol. The van der Waals surface area contributed by atoms with Crippen molar-refractivity contribution in [1.82, 2.24) is 20.2 Å². The normalized spacial score (nSPS) is 19.0. The molecule has 4 heterocycles. The number of amides is 3. The van der Waals surface area contributed by atoms with Crippen LogP contribution < -0.4 is 11.1 Å². The number of aromatic amines is 1. The van der Waals surface area contributed by atoms with E-state index in [4.69, 9.17) is 14.3 Å². The summed E-state index contributed by atoms with van der Waals surface area (Å²) in [5.74, 6) is -4.74. The van der Waals surface area contributed by atoms with Crippen molar-refractivity contribution in [1.29, 1.82) is 0 Å². The summed E-state index contributed by atoms with van der Waals surface area (Å²) in [4.78, 5) is 44.5. The van der Waals surface area contributed by atoms with E-state index in [1.54, 1.807) is 36.5 Å². The summed E-state index contributed by atoms with van der Waals surface area (Å²) in [7, 11) is 0. The molecule has 2 aromatic heterocycles. The number of alkyl halides is 2. The fourth-order valence-electron chi connectivity index (χ4n) is 6.06. The molecule has 1 aliphatic carbocycles. The third kappa shape index (κ3) is 5.23. The van der Waals surface area contributed by atoms with Gasteiger partial charge in [0.1, 0.15) is 11.7 Å². The third-order valence-corrected chi connectivity index (χ3v) is 7.96. The van der Waals surface area contributed by atoms with E-state index in [0.717, 1.165) is 16.7 Å². The maximum absolute atomic E-state index is 15.0. The van der Waals surface area contributed by atoms with Crippen LogP contribution in [0.3, 0.4) is 0 Å². The fourth-order valence-corrected chi connectivity index (χ4v) is 6.06. The van der Waals surface area contributed by atoms with Crippen molar-refractivity contribution in [2.24, 2.45) is 5.73 Å². The molecule has 1 atom stereocenters. The monoisotopic (exact) mass is 589 g/mol. The molecule has 3 amide bonds. The molecule has 0 radical (unpaired) electrons. The van der Waals surface area contributed by atoms with E-state index in [0.29, 0.717) is 29.9 Å². The van der Waals surface area contributed by atoms with E-state index >= 15 is 0 Å². The van der Waals surface area contributed by atoms with Gasteiger partial charge in [0.05, 0.1) is 32.7 Å². The number of nitrogens with zero attached hydrogens (tertiary/aromatic N) is 2. The standard InChI is InChI=1S/C30H26F2N4O4.CH3NO/c31-30(32)23-6-2-1-5-21(23)22-12-18(7-8-24(22)30)13-26(37)36-17-29(39-10-11-40-29)15-25(36)28(38)34-16-20-14-19-4-3-9-33-27(19)35-20;2-1-3/h1-9,12,14,25H,10-11,13,15-17H2,(H,33,35)(H,34,38);1H,(H2,2,3). The minimum atomic E-state index is -3.09. The van der Waals surface area contributed by atoms with Gasteiger partial charge in [-0.15, -0.1) is 0 Å². The van der Waals surface area contributed by atoms with Gasteiger partial charge in [-0.2, -0.15) is 8.78 Å². The zero-order valence-corrected chi connectivity index (χ0v) is 23.0. The Balaban J connectivity index is 0.00000105. The van der Waals surface area contributed by atoms with Gasteiger partial charge in [0.25, 0.3) is 5.92 Å². The van der Waals surface area contributed by atoms with Crippen molar-refractivity contribution < 1.29 is 32.6 Å². The summed E-state index contributed by atoms with van der Waals surface area (Å²) < 4.78 is 41.7. The number of hydrogen-bond acceptors (Lipinski definition) is 6. The van der Waals surface area contributed by atoms with Gasteiger partial charge in [0, 0.05) is 34.8 Å². The van der Waals surface area contributed by atoms with Gasteiger partial charge in [0.2, 0.25) is 18.2 Å². The summed E-state index contributed by atoms with van der Waals surface area (Å²) in [6, 6.07) is 15.9. The number of H-pyrrole nitrogens is 1. The molecule has 4 aromatic rings. The largest absolute Gasteiger partial charge is 0.372 e. The zero-order chi connectivity index (χ0) is 30.2. The molecule has 0 bridgehead atoms. The van der Waals surface area contributed by atoms with Crippen LogP contribution in [0.5, 0.6) is 0 Å². The number of nitrogens with two attached hydrogens (primary N) is 1. The average Bonchev–Trinajstić information content (AvgIpc) is 3.78. The van der Waals surface area contributed by atoms with Crippen molar-refractivity contribution in [3.8, 4) is 11.1 Å². The molecule has 12 heteroatoms. The van der Waals surface area contributed by atoms with Crippen LogP contribution in [0.25, 0.3) is 22.2 Å². The third-order valence-electron chi connectivity index (χ3n) is 7.96. The minimum Gasteiger partial charge on any atom is -0.372 e. The Morgan fingerprint density at radius 3 is 2.58 bits per heavy atom. The van der Waals surface area contributed by atoms with Crippen molar-refractivity contribution in [2.75, 3.05) is 19.8 Å². The lowest BCUT2D eigenvalue weighted by Crippen LogP contribution is -2.46. The number of nitrogens with one attached hydrogen (secondary N) is 2. The van der Waals surface area contributed by atoms with Crippen molar-refractivity contribution in [3.63, 3.8) is 0 Å². The Bertz CT molecular complexity index is 1670. The molecule has 7 rings (SSSR count). The van der Waals surface area contributed by atoms with Gasteiger partial charge >= 0.3 is 0 Å². The Kier molecular flexibility index (Phi) is 7.40. The number of ether oxygens (including phenoxy) is 2. The summed E-state index contributed by atoms with van der Waals surface area (Å²) in [6.07, 6.45) is 2.10. The molecule has 2 aromatic carbocycles. The Morgan fingerprint density at radius 2 is 1.81 bits per heavy atom. The number of pyridine rings is 1. The van der Waals surface area contributed by atoms with E-state index in [1.165, 1.54) is 17.0 Å². The van der Waals surface area contributed by atoms with Gasteiger partial charge in [-0.1, -0.05) is 42.5 Å². The first-order chi connectivity index (χ1) is 20.7. The number of aromatic nitrogens is 2. The lowest BCUT2D eigenvalue weighted by molar-refractivity contribution is -0.152. The van der Waals surface area contributed by atoms with Crippen molar-refractivity contribution >= 4 is 29.3 Å². The van der Waals surface area contributed by atoms with Crippen molar-refractivity contribution in [3.05, 3.63) is 89.2 Å². The highest BCUT2D eigenvalue weighted by Crippen LogP contribution is 2.51. The van der Waals surface area contributed by atoms with E-state index in [-0.39, 0.29) is 55.3 Å². The second kappa shape index (κ2) is 11.2. The average molecular weight is 590 g/mol. The molecule has 1 spiro atoms. The molecule has 3 aliphatic rings. The first-order valence-electron chi connectivity index (χ1n) is 13.8. The highest BCUT2D eigenvalue weighted by Gasteiger charge is 2.52. The van der Waals surface area contributed by atoms with Gasteiger partial charge in [-0.25, -0.2) is 4.98 Å². The minimum absolute atomic E-state index is 0.0343. The Morgan fingerprint density at radius 1 is 1.07 bits per heavy atom. The van der Waals surface area contributed by atoms with Crippen LogP contribution in [-0.2, 0) is 42.7 Å². The predicted octanol–water partition coefficient (Wildman–Crippen LogP) is 2.99. The van der Waals surface area contributed by atoms with Gasteiger partial charge in [-0.3, -0.25) is 14.4 Å². The highest BCUT2D eigenvalue weighted by atomic mass is 19.3. The molecule has 222 valence electrons. The maximum Gasteiger partial charge on any atom is 0.299 e. The number of rotatable bonds is 5. The number of carbonyl (C=O) groups excluding carboxylic acids is 3. The zero-order valence-electron chi connectivity index (χ0n) is 23.0. The second-order valence-corrected chi connectivity index (χ2v) is 10.6. The topological polar surface area (TPSA) is 140 Å². The second-order valence-electron chi connectivity index (χ2n) is 10.6. The number of likely N-dealkylation sites (tertiary alicyclic amines) is 1. The van der Waals surface area contributed by atoms with Crippen LogP contribution in [-0.4, -0.2) is 64.7 Å². The molecule has 10 nitrogen and oxygen atoms in total. The molecule has 0 saturated carbocycles. The van der Waals surface area contributed by atoms with Crippen molar-refractivity contribution in [2.45, 2.75) is 37.1 Å². The number of carbonyl (C=O) groups is 3. The smallest absolute Gasteiger partial charge is 0.299 e. The lowest BCUT2D eigenvalue weighted by atomic mass is 10.0. The number of benzene rings is 2. The van der Waals surface area contributed by atoms with E-state index in [9.17, 15) is 18.4 Å². The molecule has 2 saturated heterocycles. The van der Waals surface area contributed by atoms with Gasteiger partial charge in [0.15, 0.2) is 5.79 Å². The van der Waals surface area contributed by atoms with Crippen LogP contribution in [0.1, 0.15) is 28.8 Å². The lowest BCUT2D eigenvalue weighted by Gasteiger charge is -2.24. The summed E-state index contributed by atoms with van der Waals surface area (Å²) in [5.41, 5.74) is 7.06. The Hall–Kier alpha value is -4.68. The number of hydrogen-bond donors (Lipinski definition) is 3. The van der Waals surface area contributed by atoms with Crippen LogP contribution in [0.15, 0.2) is 66.9 Å². The molecular weight excluding hydrogens is 560 g/mol. The van der Waals surface area contributed by atoms with Crippen LogP contribution in [0.2, 0.25) is 0 Å². The van der Waals surface area contributed by atoms with Crippen LogP contribution in [0.4, 0.5) is 8.78 Å². The maximum atomic E-state index is 15.0. The van der Waals surface area contributed by atoms with Crippen LogP contribution in [0, 0.1) is 0 Å². The van der Waals surface area contributed by atoms with Gasteiger partial charge < -0.3 is 30.4 Å². The Labute approximate surface area is 245 Å².